The van der Waals surface area contributed by atoms with Gasteiger partial charge in [-0.25, -0.2) is 0 Å². The van der Waals surface area contributed by atoms with Crippen molar-refractivity contribution in [3.63, 3.8) is 0 Å². The summed E-state index contributed by atoms with van der Waals surface area (Å²) in [5.41, 5.74) is 0. The van der Waals surface area contributed by atoms with E-state index in [2.05, 4.69) is 0 Å². The Kier molecular flexibility index (Phi) is 5180. The summed E-state index contributed by atoms with van der Waals surface area (Å²) in [5, 5.41) is 18.8. The molecule has 0 bridgehead atoms. The minimum atomic E-state index is 0. The second-order valence-corrected chi connectivity index (χ2v) is 0. The molecular weight excluding hydrogens is 197 g/mol. The van der Waals surface area contributed by atoms with E-state index < -0.39 is 0 Å². The summed E-state index contributed by atoms with van der Waals surface area (Å²) in [6, 6.07) is 0. The normalized spacial score (nSPS) is 0.750. The topological polar surface area (TPSA) is 71.4 Å². The Labute approximate surface area is 69.8 Å². The van der Waals surface area contributed by atoms with Gasteiger partial charge < -0.3 is 35.5 Å². The zero-order valence-electron chi connectivity index (χ0n) is 3.52. The van der Waals surface area contributed by atoms with E-state index in [0.717, 1.165) is 0 Å². The molecule has 0 aromatic carbocycles. The molecule has 0 aromatic heterocycles. The molecule has 45 valence electrons. The van der Waals surface area contributed by atoms with E-state index in [-0.39, 0.29) is 34.1 Å². The Morgan fingerprint density at radius 2 is 0.625 bits per heavy atom. The average molecular weight is 197 g/mol. The summed E-state index contributed by atoms with van der Waals surface area (Å²) in [6.45, 7) is 14.2. The van der Waals surface area contributed by atoms with Crippen molar-refractivity contribution >= 4 is 0 Å². The van der Waals surface area contributed by atoms with E-state index >= 15 is 0 Å². The molecule has 0 spiro atoms. The van der Waals surface area contributed by atoms with Gasteiger partial charge in [-0.1, -0.05) is 0 Å². The van der Waals surface area contributed by atoms with Gasteiger partial charge in [-0.15, -0.1) is 0 Å². The van der Waals surface area contributed by atoms with E-state index in [9.17, 15) is 0 Å². The monoisotopic (exact) mass is 196 g/mol. The SMILES string of the molecule is [C-]#N.[C-]#N.[C-]#N.[Cu+].[Mn+2]. The third kappa shape index (κ3) is 465. The minimum absolute atomic E-state index is 0. The number of nitrogens with zero attached hydrogens (tertiary/aromatic N) is 3. The van der Waals surface area contributed by atoms with Crippen LogP contribution in [0.1, 0.15) is 0 Å². The fourth-order valence-electron chi connectivity index (χ4n) is 0. The van der Waals surface area contributed by atoms with Gasteiger partial charge in [0.25, 0.3) is 0 Å². The van der Waals surface area contributed by atoms with Gasteiger partial charge in [0.1, 0.15) is 0 Å². The fraction of sp³-hybridized carbons (Fsp3) is 0. The Balaban J connectivity index is -0.00000000500. The van der Waals surface area contributed by atoms with Crippen molar-refractivity contribution in [1.29, 1.82) is 15.8 Å². The van der Waals surface area contributed by atoms with Crippen LogP contribution in [-0.2, 0) is 34.1 Å². The Morgan fingerprint density at radius 1 is 0.625 bits per heavy atom. The van der Waals surface area contributed by atoms with Crippen LogP contribution in [0.5, 0.6) is 0 Å². The summed E-state index contributed by atoms with van der Waals surface area (Å²) >= 11 is 0. The van der Waals surface area contributed by atoms with Crippen LogP contribution in [0.15, 0.2) is 0 Å². The maximum Gasteiger partial charge on any atom is 2.00 e. The summed E-state index contributed by atoms with van der Waals surface area (Å²) in [5.74, 6) is 0. The molecule has 0 aliphatic rings. The number of rotatable bonds is 0. The van der Waals surface area contributed by atoms with Gasteiger partial charge in [0, 0.05) is 0 Å². The summed E-state index contributed by atoms with van der Waals surface area (Å²) < 4.78 is 0. The molecule has 0 heterocycles. The third-order valence-corrected chi connectivity index (χ3v) is 0. The fourth-order valence-corrected chi connectivity index (χ4v) is 0. The molecule has 0 aliphatic carbocycles. The van der Waals surface area contributed by atoms with Crippen LogP contribution < -0.4 is 0 Å². The second kappa shape index (κ2) is 819. The van der Waals surface area contributed by atoms with E-state index in [1.54, 1.807) is 0 Å². The molecule has 0 aromatic rings. The summed E-state index contributed by atoms with van der Waals surface area (Å²) in [4.78, 5) is 0. The van der Waals surface area contributed by atoms with Crippen molar-refractivity contribution in [3.8, 4) is 0 Å². The second-order valence-electron chi connectivity index (χ2n) is 0. The standard InChI is InChI=1S/3CN.Cu.Mn/c3*1-2;;/q3*-1;+1;+2. The Hall–Kier alpha value is -0.491. The van der Waals surface area contributed by atoms with Gasteiger partial charge in [-0.3, -0.25) is 0 Å². The van der Waals surface area contributed by atoms with Crippen LogP contribution in [0.4, 0.5) is 0 Å². The van der Waals surface area contributed by atoms with Crippen LogP contribution in [0.2, 0.25) is 0 Å². The first kappa shape index (κ1) is 50.5. The van der Waals surface area contributed by atoms with Crippen molar-refractivity contribution < 1.29 is 34.1 Å². The first-order valence-corrected chi connectivity index (χ1v) is 0.671. The molecule has 5 heteroatoms. The van der Waals surface area contributed by atoms with Gasteiger partial charge in [-0.05, 0) is 0 Å². The molecule has 0 saturated carbocycles. The maximum atomic E-state index is 6.25. The number of hydrogen-bond donors (Lipinski definition) is 0. The maximum absolute atomic E-state index is 6.25. The first-order valence-electron chi connectivity index (χ1n) is 0.671. The van der Waals surface area contributed by atoms with Crippen molar-refractivity contribution in [2.45, 2.75) is 0 Å². The molecule has 0 amide bonds. The molecule has 0 aliphatic heterocycles. The van der Waals surface area contributed by atoms with Crippen LogP contribution in [0.25, 0.3) is 0 Å². The predicted octanol–water partition coefficient (Wildman–Crippen LogP) is 0.284. The van der Waals surface area contributed by atoms with Crippen molar-refractivity contribution in [2.24, 2.45) is 0 Å². The molecule has 0 unspecified atom stereocenters. The molecule has 0 atom stereocenters. The average Bonchev–Trinajstić information content (AvgIpc) is 1.81. The quantitative estimate of drug-likeness (QED) is 0.413. The largest absolute Gasteiger partial charge is 2.00 e. The van der Waals surface area contributed by atoms with E-state index in [1.807, 2.05) is 0 Å². The van der Waals surface area contributed by atoms with Gasteiger partial charge in [0.15, 0.2) is 0 Å². The molecule has 8 heavy (non-hydrogen) atoms. The van der Waals surface area contributed by atoms with Crippen LogP contribution in [0.3, 0.4) is 0 Å². The Morgan fingerprint density at radius 3 is 0.625 bits per heavy atom. The third-order valence-electron chi connectivity index (χ3n) is 0. The summed E-state index contributed by atoms with van der Waals surface area (Å²) in [6.07, 6.45) is 0. The van der Waals surface area contributed by atoms with Crippen molar-refractivity contribution in [2.75, 3.05) is 0 Å². The molecule has 3 nitrogen and oxygen atoms in total. The zero-order valence-corrected chi connectivity index (χ0v) is 5.64. The molecule has 1 radical (unpaired) electrons. The van der Waals surface area contributed by atoms with Gasteiger partial charge >= 0.3 is 34.1 Å². The smallest absolute Gasteiger partial charge is 0.512 e. The van der Waals surface area contributed by atoms with Gasteiger partial charge in [0.2, 0.25) is 0 Å². The van der Waals surface area contributed by atoms with Crippen LogP contribution in [-0.4, -0.2) is 0 Å². The minimum Gasteiger partial charge on any atom is -0.512 e. The predicted molar refractivity (Wildman–Crippen MR) is 14.9 cm³/mol. The number of hydrogen-bond acceptors (Lipinski definition) is 3. The molecule has 0 N–H and O–H groups in total. The molecule has 0 saturated heterocycles. The molecule has 0 rings (SSSR count). The van der Waals surface area contributed by atoms with Crippen LogP contribution in [0, 0.1) is 35.5 Å². The molecular formula is C3CuMnN3. The van der Waals surface area contributed by atoms with E-state index in [4.69, 9.17) is 35.5 Å². The molecule has 0 fully saturated rings. The van der Waals surface area contributed by atoms with Gasteiger partial charge in [-0.2, -0.15) is 0 Å². The van der Waals surface area contributed by atoms with Crippen LogP contribution >= 0.6 is 0 Å². The van der Waals surface area contributed by atoms with Gasteiger partial charge in [0.05, 0.1) is 0 Å². The van der Waals surface area contributed by atoms with E-state index in [1.165, 1.54) is 0 Å². The van der Waals surface area contributed by atoms with Crippen molar-refractivity contribution in [3.05, 3.63) is 19.7 Å². The van der Waals surface area contributed by atoms with Crippen molar-refractivity contribution in [1.82, 2.24) is 0 Å². The Bertz CT molecular complexity index is 43.0. The first-order chi connectivity index (χ1) is 3.00. The van der Waals surface area contributed by atoms with E-state index in [0.29, 0.717) is 0 Å². The zero-order chi connectivity index (χ0) is 6.00. The summed E-state index contributed by atoms with van der Waals surface area (Å²) in [7, 11) is 0.